The van der Waals surface area contributed by atoms with Gasteiger partial charge in [0.1, 0.15) is 5.69 Å². The molecule has 0 aliphatic carbocycles. The van der Waals surface area contributed by atoms with Gasteiger partial charge in [0.15, 0.2) is 5.52 Å². The number of nitrogens with zero attached hydrogens (tertiary/aromatic N) is 4. The van der Waals surface area contributed by atoms with Crippen LogP contribution in [0, 0.1) is 16.0 Å². The average molecular weight is 425 g/mol. The minimum Gasteiger partial charge on any atom is -0.466 e. The smallest absolute Gasteiger partial charge is 0.323 e. The van der Waals surface area contributed by atoms with Crippen LogP contribution in [-0.2, 0) is 16.1 Å². The van der Waals surface area contributed by atoms with Crippen LogP contribution in [0.2, 0.25) is 0 Å². The van der Waals surface area contributed by atoms with Crippen LogP contribution in [0.1, 0.15) is 25.3 Å². The van der Waals surface area contributed by atoms with Crippen LogP contribution in [0.25, 0.3) is 11.0 Å². The first-order valence-electron chi connectivity index (χ1n) is 10.2. The third kappa shape index (κ3) is 4.27. The summed E-state index contributed by atoms with van der Waals surface area (Å²) in [6.07, 6.45) is 1.53. The van der Waals surface area contributed by atoms with Gasteiger partial charge in [-0.1, -0.05) is 30.3 Å². The van der Waals surface area contributed by atoms with E-state index in [1.165, 1.54) is 0 Å². The Kier molecular flexibility index (Phi) is 5.96. The molecule has 1 unspecified atom stereocenters. The summed E-state index contributed by atoms with van der Waals surface area (Å²) in [6.45, 7) is 3.65. The zero-order valence-electron chi connectivity index (χ0n) is 17.1. The molecule has 10 heteroatoms. The minimum absolute atomic E-state index is 0.0799. The Bertz CT molecular complexity index is 1080. The van der Waals surface area contributed by atoms with E-state index < -0.39 is 4.92 Å². The molecule has 1 saturated heterocycles. The molecule has 1 fully saturated rings. The Balaban J connectivity index is 1.70. The molecule has 162 valence electrons. The predicted molar refractivity (Wildman–Crippen MR) is 114 cm³/mol. The highest BCUT2D eigenvalue weighted by Gasteiger charge is 2.32. The fourth-order valence-corrected chi connectivity index (χ4v) is 3.92. The number of anilines is 2. The summed E-state index contributed by atoms with van der Waals surface area (Å²) < 4.78 is 10.1. The Hall–Kier alpha value is -3.69. The summed E-state index contributed by atoms with van der Waals surface area (Å²) in [5.74, 6) is -0.495. The molecule has 2 aromatic carbocycles. The van der Waals surface area contributed by atoms with E-state index in [2.05, 4.69) is 15.6 Å². The third-order valence-corrected chi connectivity index (χ3v) is 5.38. The van der Waals surface area contributed by atoms with Crippen molar-refractivity contribution in [1.82, 2.24) is 10.3 Å². The second kappa shape index (κ2) is 8.99. The van der Waals surface area contributed by atoms with Crippen LogP contribution >= 0.6 is 0 Å². The highest BCUT2D eigenvalue weighted by molar-refractivity contribution is 6.00. The largest absolute Gasteiger partial charge is 0.466 e. The van der Waals surface area contributed by atoms with E-state index in [1.54, 1.807) is 13.0 Å². The standard InChI is InChI=1S/C21H23N5O5/c1-2-30-21(27)15-9-6-10-25(13-15)17-11-16(22-12-14-7-4-3-5-8-14)20(26(28)29)19-18(17)23-31-24-19/h3-5,7-8,11,15,22H,2,6,9-10,12-13H2,1H3. The molecular formula is C21H23N5O5. The second-order valence-corrected chi connectivity index (χ2v) is 7.39. The van der Waals surface area contributed by atoms with Crippen molar-refractivity contribution in [2.24, 2.45) is 5.92 Å². The van der Waals surface area contributed by atoms with Gasteiger partial charge >= 0.3 is 11.7 Å². The molecule has 1 aliphatic heterocycles. The van der Waals surface area contributed by atoms with E-state index in [1.807, 2.05) is 35.2 Å². The summed E-state index contributed by atoms with van der Waals surface area (Å²) >= 11 is 0. The SMILES string of the molecule is CCOC(=O)C1CCCN(c2cc(NCc3ccccc3)c([N+](=O)[O-])c3nonc23)C1. The number of nitro benzene ring substituents is 1. The monoisotopic (exact) mass is 425 g/mol. The third-order valence-electron chi connectivity index (χ3n) is 5.38. The lowest BCUT2D eigenvalue weighted by Crippen LogP contribution is -2.39. The number of rotatable bonds is 7. The van der Waals surface area contributed by atoms with Gasteiger partial charge in [-0.2, -0.15) is 0 Å². The number of carbonyl (C=O) groups excluding carboxylic acids is 1. The Morgan fingerprint density at radius 3 is 2.84 bits per heavy atom. The average Bonchev–Trinajstić information content (AvgIpc) is 3.27. The van der Waals surface area contributed by atoms with Crippen LogP contribution < -0.4 is 10.2 Å². The molecule has 1 aromatic heterocycles. The van der Waals surface area contributed by atoms with Gasteiger partial charge in [0, 0.05) is 19.6 Å². The predicted octanol–water partition coefficient (Wildman–Crippen LogP) is 3.52. The summed E-state index contributed by atoms with van der Waals surface area (Å²) in [5, 5.41) is 22.7. The van der Waals surface area contributed by atoms with Crippen LogP contribution in [0.3, 0.4) is 0 Å². The number of benzene rings is 2. The van der Waals surface area contributed by atoms with Crippen molar-refractivity contribution in [2.75, 3.05) is 29.9 Å². The van der Waals surface area contributed by atoms with Gasteiger partial charge in [0.05, 0.1) is 23.1 Å². The second-order valence-electron chi connectivity index (χ2n) is 7.39. The Labute approximate surface area is 178 Å². The number of hydrogen-bond donors (Lipinski definition) is 1. The van der Waals surface area contributed by atoms with E-state index in [-0.39, 0.29) is 23.1 Å². The molecule has 10 nitrogen and oxygen atoms in total. The van der Waals surface area contributed by atoms with Crippen molar-refractivity contribution in [3.63, 3.8) is 0 Å². The molecule has 0 saturated carbocycles. The van der Waals surface area contributed by atoms with Crippen LogP contribution in [0.15, 0.2) is 41.0 Å². The maximum atomic E-state index is 12.3. The lowest BCUT2D eigenvalue weighted by molar-refractivity contribution is -0.382. The van der Waals surface area contributed by atoms with Crippen molar-refractivity contribution in [3.05, 3.63) is 52.1 Å². The van der Waals surface area contributed by atoms with Gasteiger partial charge in [-0.3, -0.25) is 14.9 Å². The van der Waals surface area contributed by atoms with Gasteiger partial charge in [0.25, 0.3) is 0 Å². The van der Waals surface area contributed by atoms with Gasteiger partial charge in [-0.25, -0.2) is 4.63 Å². The number of piperidine rings is 1. The van der Waals surface area contributed by atoms with Crippen molar-refractivity contribution in [2.45, 2.75) is 26.3 Å². The van der Waals surface area contributed by atoms with Gasteiger partial charge in [-0.15, -0.1) is 0 Å². The molecule has 1 N–H and O–H groups in total. The highest BCUT2D eigenvalue weighted by atomic mass is 16.6. The van der Waals surface area contributed by atoms with E-state index >= 15 is 0 Å². The van der Waals surface area contributed by atoms with E-state index in [9.17, 15) is 14.9 Å². The molecule has 3 aromatic rings. The lowest BCUT2D eigenvalue weighted by Gasteiger charge is -2.33. The van der Waals surface area contributed by atoms with E-state index in [0.29, 0.717) is 43.1 Å². The number of nitro groups is 1. The Morgan fingerprint density at radius 2 is 2.10 bits per heavy atom. The molecule has 2 heterocycles. The van der Waals surface area contributed by atoms with Crippen molar-refractivity contribution in [1.29, 1.82) is 0 Å². The molecule has 0 amide bonds. The lowest BCUT2D eigenvalue weighted by atomic mass is 9.97. The van der Waals surface area contributed by atoms with Crippen LogP contribution in [-0.4, -0.2) is 40.9 Å². The number of fused-ring (bicyclic) bond motifs is 1. The summed E-state index contributed by atoms with van der Waals surface area (Å²) in [6, 6.07) is 11.3. The number of ether oxygens (including phenoxy) is 1. The maximum Gasteiger partial charge on any atom is 0.323 e. The van der Waals surface area contributed by atoms with E-state index in [0.717, 1.165) is 18.4 Å². The Morgan fingerprint density at radius 1 is 1.32 bits per heavy atom. The normalized spacial score (nSPS) is 16.3. The van der Waals surface area contributed by atoms with Gasteiger partial charge < -0.3 is 15.0 Å². The maximum absolute atomic E-state index is 12.3. The van der Waals surface area contributed by atoms with Gasteiger partial charge in [0.2, 0.25) is 5.52 Å². The number of esters is 1. The molecule has 0 radical (unpaired) electrons. The molecule has 4 rings (SSSR count). The van der Waals surface area contributed by atoms with Gasteiger partial charge in [-0.05, 0) is 41.7 Å². The minimum atomic E-state index is -0.485. The zero-order chi connectivity index (χ0) is 21.8. The number of hydrogen-bond acceptors (Lipinski definition) is 9. The van der Waals surface area contributed by atoms with Crippen molar-refractivity contribution >= 4 is 34.1 Å². The summed E-state index contributed by atoms with van der Waals surface area (Å²) in [7, 11) is 0. The summed E-state index contributed by atoms with van der Waals surface area (Å²) in [4.78, 5) is 25.6. The van der Waals surface area contributed by atoms with E-state index in [4.69, 9.17) is 9.37 Å². The first-order valence-corrected chi connectivity index (χ1v) is 10.2. The fraction of sp³-hybridized carbons (Fsp3) is 0.381. The van der Waals surface area contributed by atoms with Crippen LogP contribution in [0.4, 0.5) is 17.1 Å². The molecule has 0 bridgehead atoms. The fourth-order valence-electron chi connectivity index (χ4n) is 3.92. The molecule has 1 atom stereocenters. The topological polar surface area (TPSA) is 124 Å². The quantitative estimate of drug-likeness (QED) is 0.344. The first kappa shape index (κ1) is 20.6. The first-order chi connectivity index (χ1) is 15.1. The molecule has 31 heavy (non-hydrogen) atoms. The highest BCUT2D eigenvalue weighted by Crippen LogP contribution is 2.39. The van der Waals surface area contributed by atoms with Crippen molar-refractivity contribution in [3.8, 4) is 0 Å². The number of nitrogens with one attached hydrogen (secondary N) is 1. The molecule has 1 aliphatic rings. The van der Waals surface area contributed by atoms with Crippen molar-refractivity contribution < 1.29 is 19.1 Å². The number of carbonyl (C=O) groups is 1. The number of aromatic nitrogens is 2. The summed E-state index contributed by atoms with van der Waals surface area (Å²) in [5.41, 5.74) is 2.15. The zero-order valence-corrected chi connectivity index (χ0v) is 17.1. The molecular weight excluding hydrogens is 402 g/mol. The van der Waals surface area contributed by atoms with Crippen LogP contribution in [0.5, 0.6) is 0 Å². The molecule has 0 spiro atoms.